The van der Waals surface area contributed by atoms with Gasteiger partial charge >= 0.3 is 0 Å². The minimum absolute atomic E-state index is 0.144. The highest BCUT2D eigenvalue weighted by molar-refractivity contribution is 7.89. The lowest BCUT2D eigenvalue weighted by Gasteiger charge is -2.33. The predicted molar refractivity (Wildman–Crippen MR) is 106 cm³/mol. The number of carbonyl (C=O) groups excluding carboxylic acids is 1. The zero-order chi connectivity index (χ0) is 21.6. The fourth-order valence-corrected chi connectivity index (χ4v) is 4.49. The first kappa shape index (κ1) is 22.3. The maximum absolute atomic E-state index is 12.7. The lowest BCUT2D eigenvalue weighted by atomic mass is 10.3. The Hall–Kier alpha value is -2.41. The number of carbonyl (C=O) groups is 1. The summed E-state index contributed by atoms with van der Waals surface area (Å²) in [7, 11) is -3.62. The Kier molecular flexibility index (Phi) is 7.48. The summed E-state index contributed by atoms with van der Waals surface area (Å²) in [5.41, 5.74) is 0.199. The molecule has 1 saturated heterocycles. The third-order valence-electron chi connectivity index (χ3n) is 4.60. The van der Waals surface area contributed by atoms with E-state index >= 15 is 0 Å². The number of ether oxygens (including phenoxy) is 2. The molecule has 30 heavy (non-hydrogen) atoms. The van der Waals surface area contributed by atoms with Crippen molar-refractivity contribution in [2.24, 2.45) is 0 Å². The second-order valence-corrected chi connectivity index (χ2v) is 8.49. The monoisotopic (exact) mass is 438 g/mol. The van der Waals surface area contributed by atoms with Crippen LogP contribution in [0, 0.1) is 0 Å². The van der Waals surface area contributed by atoms with Gasteiger partial charge in [0.25, 0.3) is 5.91 Å². The van der Waals surface area contributed by atoms with Crippen LogP contribution in [0.2, 0.25) is 0 Å². The summed E-state index contributed by atoms with van der Waals surface area (Å²) < 4.78 is 39.2. The van der Waals surface area contributed by atoms with Gasteiger partial charge in [-0.25, -0.2) is 13.1 Å². The van der Waals surface area contributed by atoms with E-state index in [-0.39, 0.29) is 42.7 Å². The lowest BCUT2D eigenvalue weighted by Crippen LogP contribution is -2.50. The zero-order valence-electron chi connectivity index (χ0n) is 17.0. The van der Waals surface area contributed by atoms with Gasteiger partial charge in [-0.1, -0.05) is 5.21 Å². The van der Waals surface area contributed by atoms with E-state index in [1.165, 1.54) is 27.4 Å². The van der Waals surface area contributed by atoms with Crippen molar-refractivity contribution in [1.82, 2.24) is 29.2 Å². The first-order chi connectivity index (χ1) is 14.5. The van der Waals surface area contributed by atoms with Gasteiger partial charge in [-0.05, 0) is 26.0 Å². The van der Waals surface area contributed by atoms with Crippen LogP contribution in [0.25, 0.3) is 0 Å². The van der Waals surface area contributed by atoms with Crippen LogP contribution in [0.5, 0.6) is 0 Å². The van der Waals surface area contributed by atoms with Gasteiger partial charge in [0.1, 0.15) is 4.90 Å². The van der Waals surface area contributed by atoms with E-state index in [1.807, 2.05) is 13.8 Å². The first-order valence-electron chi connectivity index (χ1n) is 9.78. The summed E-state index contributed by atoms with van der Waals surface area (Å²) in [4.78, 5) is 18.3. The molecule has 1 aliphatic heterocycles. The summed E-state index contributed by atoms with van der Waals surface area (Å²) in [6, 6.07) is 3.09. The second kappa shape index (κ2) is 10.1. The molecular formula is C18H26N6O5S. The molecule has 11 nitrogen and oxygen atoms in total. The average molecular weight is 439 g/mol. The van der Waals surface area contributed by atoms with Crippen molar-refractivity contribution in [3.63, 3.8) is 0 Å². The number of piperazine rings is 1. The van der Waals surface area contributed by atoms with Crippen LogP contribution in [0.3, 0.4) is 0 Å². The Balaban J connectivity index is 1.59. The standard InChI is InChI=1S/C18H26N6O5S/c1-3-28-17(29-4-2)14-23-13-16(20-21-23)18(25)22-8-10-24(11-9-22)30(26,27)15-6-5-7-19-12-15/h5-7,12-13,17H,3-4,8-11,14H2,1-2H3. The number of aromatic nitrogens is 4. The van der Waals surface area contributed by atoms with E-state index in [0.29, 0.717) is 19.8 Å². The van der Waals surface area contributed by atoms with Gasteiger partial charge in [-0.15, -0.1) is 5.10 Å². The molecule has 12 heteroatoms. The molecule has 0 spiro atoms. The van der Waals surface area contributed by atoms with Crippen LogP contribution in [0.1, 0.15) is 24.3 Å². The van der Waals surface area contributed by atoms with Crippen LogP contribution in [-0.4, -0.2) is 89.2 Å². The van der Waals surface area contributed by atoms with Crippen molar-refractivity contribution >= 4 is 15.9 Å². The molecule has 0 unspecified atom stereocenters. The summed E-state index contributed by atoms with van der Waals surface area (Å²) in [6.07, 6.45) is 3.92. The summed E-state index contributed by atoms with van der Waals surface area (Å²) in [6.45, 7) is 6.00. The number of nitrogens with zero attached hydrogens (tertiary/aromatic N) is 6. The molecule has 164 valence electrons. The zero-order valence-corrected chi connectivity index (χ0v) is 17.9. The molecule has 1 amide bonds. The molecule has 3 heterocycles. The van der Waals surface area contributed by atoms with Crippen LogP contribution in [0.15, 0.2) is 35.6 Å². The fraction of sp³-hybridized carbons (Fsp3) is 0.556. The van der Waals surface area contributed by atoms with Crippen molar-refractivity contribution in [3.05, 3.63) is 36.4 Å². The van der Waals surface area contributed by atoms with Gasteiger partial charge in [0.05, 0.1) is 12.7 Å². The van der Waals surface area contributed by atoms with Crippen LogP contribution in [0.4, 0.5) is 0 Å². The molecule has 0 aromatic carbocycles. The Morgan fingerprint density at radius 3 is 2.47 bits per heavy atom. The van der Waals surface area contributed by atoms with Crippen LogP contribution < -0.4 is 0 Å². The SMILES string of the molecule is CCOC(Cn1cc(C(=O)N2CCN(S(=O)(=O)c3cccnc3)CC2)nn1)OCC. The number of pyridine rings is 1. The molecular weight excluding hydrogens is 412 g/mol. The van der Waals surface area contributed by atoms with E-state index in [2.05, 4.69) is 15.3 Å². The Morgan fingerprint density at radius 2 is 1.87 bits per heavy atom. The van der Waals surface area contributed by atoms with E-state index in [0.717, 1.165) is 0 Å². The second-order valence-electron chi connectivity index (χ2n) is 6.55. The van der Waals surface area contributed by atoms with Gasteiger partial charge in [-0.2, -0.15) is 4.31 Å². The number of amides is 1. The maximum Gasteiger partial charge on any atom is 0.276 e. The van der Waals surface area contributed by atoms with Crippen LogP contribution in [-0.2, 0) is 26.0 Å². The summed E-state index contributed by atoms with van der Waals surface area (Å²) in [5, 5.41) is 7.93. The van der Waals surface area contributed by atoms with Gasteiger partial charge < -0.3 is 14.4 Å². The Labute approximate surface area is 175 Å². The summed E-state index contributed by atoms with van der Waals surface area (Å²) in [5.74, 6) is -0.288. The molecule has 3 rings (SSSR count). The topological polar surface area (TPSA) is 120 Å². The van der Waals surface area contributed by atoms with E-state index in [4.69, 9.17) is 9.47 Å². The van der Waals surface area contributed by atoms with Gasteiger partial charge in [0, 0.05) is 51.8 Å². The minimum Gasteiger partial charge on any atom is -0.351 e. The molecule has 0 N–H and O–H groups in total. The fourth-order valence-electron chi connectivity index (χ4n) is 3.11. The smallest absolute Gasteiger partial charge is 0.276 e. The van der Waals surface area contributed by atoms with Crippen LogP contribution >= 0.6 is 0 Å². The highest BCUT2D eigenvalue weighted by atomic mass is 32.2. The average Bonchev–Trinajstić information content (AvgIpc) is 3.23. The Morgan fingerprint density at radius 1 is 1.17 bits per heavy atom. The third kappa shape index (κ3) is 5.19. The molecule has 0 bridgehead atoms. The van der Waals surface area contributed by atoms with Gasteiger partial charge in [-0.3, -0.25) is 9.78 Å². The van der Waals surface area contributed by atoms with Crippen molar-refractivity contribution in [2.45, 2.75) is 31.6 Å². The van der Waals surface area contributed by atoms with Crippen molar-refractivity contribution in [3.8, 4) is 0 Å². The highest BCUT2D eigenvalue weighted by Crippen LogP contribution is 2.17. The minimum atomic E-state index is -3.62. The largest absolute Gasteiger partial charge is 0.351 e. The molecule has 0 atom stereocenters. The quantitative estimate of drug-likeness (QED) is 0.510. The maximum atomic E-state index is 12.7. The highest BCUT2D eigenvalue weighted by Gasteiger charge is 2.31. The summed E-state index contributed by atoms with van der Waals surface area (Å²) >= 11 is 0. The normalized spacial score (nSPS) is 15.6. The molecule has 0 aliphatic carbocycles. The molecule has 1 aliphatic rings. The molecule has 0 saturated carbocycles. The van der Waals surface area contributed by atoms with Crippen molar-refractivity contribution < 1.29 is 22.7 Å². The third-order valence-corrected chi connectivity index (χ3v) is 6.48. The van der Waals surface area contributed by atoms with Crippen molar-refractivity contribution in [2.75, 3.05) is 39.4 Å². The molecule has 2 aromatic heterocycles. The molecule has 2 aromatic rings. The molecule has 0 radical (unpaired) electrons. The molecule has 1 fully saturated rings. The van der Waals surface area contributed by atoms with Gasteiger partial charge in [0.2, 0.25) is 10.0 Å². The number of hydrogen-bond donors (Lipinski definition) is 0. The van der Waals surface area contributed by atoms with Crippen molar-refractivity contribution in [1.29, 1.82) is 0 Å². The van der Waals surface area contributed by atoms with E-state index < -0.39 is 16.3 Å². The lowest BCUT2D eigenvalue weighted by molar-refractivity contribution is -0.145. The first-order valence-corrected chi connectivity index (χ1v) is 11.2. The number of sulfonamides is 1. The van der Waals surface area contributed by atoms with Gasteiger partial charge in [0.15, 0.2) is 12.0 Å². The Bertz CT molecular complexity index is 922. The van der Waals surface area contributed by atoms with E-state index in [9.17, 15) is 13.2 Å². The number of hydrogen-bond acceptors (Lipinski definition) is 8. The van der Waals surface area contributed by atoms with E-state index in [1.54, 1.807) is 17.2 Å². The predicted octanol–water partition coefficient (Wildman–Crippen LogP) is 0.219. The number of rotatable bonds is 9.